The molecule has 0 fully saturated rings. The van der Waals surface area contributed by atoms with Crippen molar-refractivity contribution in [2.75, 3.05) is 6.54 Å². The summed E-state index contributed by atoms with van der Waals surface area (Å²) in [6, 6.07) is 0. The second-order valence-corrected chi connectivity index (χ2v) is 4.70. The molecule has 0 aromatic carbocycles. The molecular formula is C11H17N3O2. The Labute approximate surface area is 93.8 Å². The van der Waals surface area contributed by atoms with Crippen LogP contribution in [-0.2, 0) is 17.8 Å². The minimum absolute atomic E-state index is 0.0500. The van der Waals surface area contributed by atoms with Gasteiger partial charge in [0.05, 0.1) is 12.2 Å². The van der Waals surface area contributed by atoms with Crippen LogP contribution in [0.3, 0.4) is 0 Å². The normalized spacial score (nSPS) is 15.3. The first-order valence-corrected chi connectivity index (χ1v) is 5.64. The molecule has 2 heterocycles. The molecule has 0 spiro atoms. The standard InChI is InChI=1S/C11H17N3O2/c1-7(2)5-10(15)14-4-3-8-9(6-14)12-13-11(8)16/h7H,3-6H2,1-2H3,(H2,12,13,16). The molecule has 0 unspecified atom stereocenters. The van der Waals surface area contributed by atoms with Gasteiger partial charge in [0.2, 0.25) is 5.91 Å². The third-order valence-electron chi connectivity index (χ3n) is 2.88. The average molecular weight is 223 g/mol. The molecule has 1 aromatic heterocycles. The molecule has 88 valence electrons. The number of carbonyl (C=O) groups is 1. The molecule has 0 aliphatic carbocycles. The number of aromatic amines is 2. The Morgan fingerprint density at radius 1 is 1.44 bits per heavy atom. The number of carbonyl (C=O) groups excluding carboxylic acids is 1. The molecule has 0 saturated carbocycles. The number of hydrogen-bond donors (Lipinski definition) is 2. The predicted molar refractivity (Wildman–Crippen MR) is 60.0 cm³/mol. The fourth-order valence-corrected chi connectivity index (χ4v) is 2.03. The second-order valence-electron chi connectivity index (χ2n) is 4.70. The van der Waals surface area contributed by atoms with Crippen molar-refractivity contribution in [1.82, 2.24) is 15.1 Å². The lowest BCUT2D eigenvalue weighted by Crippen LogP contribution is -2.37. The number of hydrogen-bond acceptors (Lipinski definition) is 2. The molecule has 2 rings (SSSR count). The SMILES string of the molecule is CC(C)CC(=O)N1CCc2c([nH][nH]c2=O)C1. The number of H-pyrrole nitrogens is 2. The highest BCUT2D eigenvalue weighted by Gasteiger charge is 2.23. The molecule has 2 N–H and O–H groups in total. The molecule has 1 aliphatic rings. The van der Waals surface area contributed by atoms with Gasteiger partial charge in [0.1, 0.15) is 0 Å². The van der Waals surface area contributed by atoms with E-state index in [1.807, 2.05) is 18.7 Å². The van der Waals surface area contributed by atoms with Crippen molar-refractivity contribution < 1.29 is 4.79 Å². The first-order valence-electron chi connectivity index (χ1n) is 5.64. The molecule has 5 nitrogen and oxygen atoms in total. The van der Waals surface area contributed by atoms with E-state index in [9.17, 15) is 9.59 Å². The van der Waals surface area contributed by atoms with E-state index in [0.29, 0.717) is 31.8 Å². The highest BCUT2D eigenvalue weighted by molar-refractivity contribution is 5.76. The number of rotatable bonds is 2. The van der Waals surface area contributed by atoms with E-state index in [1.165, 1.54) is 0 Å². The smallest absolute Gasteiger partial charge is 0.267 e. The Hall–Kier alpha value is -1.52. The lowest BCUT2D eigenvalue weighted by atomic mass is 10.1. The number of nitrogens with one attached hydrogen (secondary N) is 2. The molecule has 0 radical (unpaired) electrons. The van der Waals surface area contributed by atoms with E-state index in [4.69, 9.17) is 0 Å². The number of nitrogens with zero attached hydrogens (tertiary/aromatic N) is 1. The molecule has 1 aromatic rings. The van der Waals surface area contributed by atoms with Crippen LogP contribution in [0.4, 0.5) is 0 Å². The zero-order valence-electron chi connectivity index (χ0n) is 9.67. The van der Waals surface area contributed by atoms with E-state index < -0.39 is 0 Å². The Balaban J connectivity index is 2.08. The molecule has 1 amide bonds. The van der Waals surface area contributed by atoms with Crippen LogP contribution >= 0.6 is 0 Å². The van der Waals surface area contributed by atoms with Gasteiger partial charge in [0.25, 0.3) is 5.56 Å². The van der Waals surface area contributed by atoms with E-state index in [-0.39, 0.29) is 11.5 Å². The van der Waals surface area contributed by atoms with Crippen LogP contribution in [0, 0.1) is 5.92 Å². The molecule has 0 bridgehead atoms. The third kappa shape index (κ3) is 2.03. The van der Waals surface area contributed by atoms with Gasteiger partial charge in [0.15, 0.2) is 0 Å². The quantitative estimate of drug-likeness (QED) is 0.772. The van der Waals surface area contributed by atoms with E-state index in [1.54, 1.807) is 0 Å². The Morgan fingerprint density at radius 2 is 2.19 bits per heavy atom. The van der Waals surface area contributed by atoms with Crippen LogP contribution in [0.1, 0.15) is 31.5 Å². The van der Waals surface area contributed by atoms with Gasteiger partial charge in [-0.2, -0.15) is 0 Å². The van der Waals surface area contributed by atoms with E-state index >= 15 is 0 Å². The molecule has 0 atom stereocenters. The zero-order valence-corrected chi connectivity index (χ0v) is 9.67. The van der Waals surface area contributed by atoms with Crippen LogP contribution in [0.15, 0.2) is 4.79 Å². The maximum atomic E-state index is 11.8. The molecule has 0 saturated heterocycles. The van der Waals surface area contributed by atoms with Crippen LogP contribution in [0.5, 0.6) is 0 Å². The monoisotopic (exact) mass is 223 g/mol. The van der Waals surface area contributed by atoms with E-state index in [2.05, 4.69) is 10.2 Å². The van der Waals surface area contributed by atoms with Gasteiger partial charge >= 0.3 is 0 Å². The Kier molecular flexibility index (Phi) is 2.85. The van der Waals surface area contributed by atoms with Crippen molar-refractivity contribution in [1.29, 1.82) is 0 Å². The molecule has 1 aliphatic heterocycles. The summed E-state index contributed by atoms with van der Waals surface area (Å²) >= 11 is 0. The average Bonchev–Trinajstić information content (AvgIpc) is 2.59. The lowest BCUT2D eigenvalue weighted by molar-refractivity contribution is -0.132. The van der Waals surface area contributed by atoms with E-state index in [0.717, 1.165) is 11.3 Å². The van der Waals surface area contributed by atoms with Crippen molar-refractivity contribution in [2.24, 2.45) is 5.92 Å². The number of amides is 1. The maximum Gasteiger partial charge on any atom is 0.267 e. The summed E-state index contributed by atoms with van der Waals surface area (Å²) in [5.41, 5.74) is 1.60. The second kappa shape index (κ2) is 4.15. The van der Waals surface area contributed by atoms with Crippen LogP contribution < -0.4 is 5.56 Å². The summed E-state index contributed by atoms with van der Waals surface area (Å²) in [7, 11) is 0. The van der Waals surface area contributed by atoms with Crippen LogP contribution in [0.2, 0.25) is 0 Å². The summed E-state index contributed by atoms with van der Waals surface area (Å²) in [6.07, 6.45) is 1.22. The fourth-order valence-electron chi connectivity index (χ4n) is 2.03. The maximum absolute atomic E-state index is 11.8. The highest BCUT2D eigenvalue weighted by atomic mass is 16.2. The van der Waals surface area contributed by atoms with Crippen molar-refractivity contribution in [3.05, 3.63) is 21.6 Å². The van der Waals surface area contributed by atoms with Gasteiger partial charge in [-0.1, -0.05) is 13.8 Å². The summed E-state index contributed by atoms with van der Waals surface area (Å²) in [6.45, 7) is 5.25. The zero-order chi connectivity index (χ0) is 11.7. The highest BCUT2D eigenvalue weighted by Crippen LogP contribution is 2.15. The first kappa shape index (κ1) is 11.0. The lowest BCUT2D eigenvalue weighted by Gasteiger charge is -2.26. The summed E-state index contributed by atoms with van der Waals surface area (Å²) in [4.78, 5) is 25.0. The van der Waals surface area contributed by atoms with Crippen molar-refractivity contribution >= 4 is 5.91 Å². The van der Waals surface area contributed by atoms with Crippen molar-refractivity contribution in [2.45, 2.75) is 33.2 Å². The molecule has 5 heteroatoms. The number of fused-ring (bicyclic) bond motifs is 1. The van der Waals surface area contributed by atoms with Gasteiger partial charge in [-0.25, -0.2) is 0 Å². The summed E-state index contributed by atoms with van der Waals surface area (Å²) in [5.74, 6) is 0.543. The minimum Gasteiger partial charge on any atom is -0.336 e. The van der Waals surface area contributed by atoms with Gasteiger partial charge in [0, 0.05) is 18.5 Å². The largest absolute Gasteiger partial charge is 0.336 e. The summed E-state index contributed by atoms with van der Waals surface area (Å²) < 4.78 is 0. The Bertz CT molecular complexity index is 444. The fraction of sp³-hybridized carbons (Fsp3) is 0.636. The van der Waals surface area contributed by atoms with Gasteiger partial charge in [-0.15, -0.1) is 0 Å². The number of aromatic nitrogens is 2. The van der Waals surface area contributed by atoms with Gasteiger partial charge < -0.3 is 10.00 Å². The van der Waals surface area contributed by atoms with Crippen LogP contribution in [-0.4, -0.2) is 27.5 Å². The predicted octanol–water partition coefficient (Wildman–Crippen LogP) is 0.634. The molecular weight excluding hydrogens is 206 g/mol. The summed E-state index contributed by atoms with van der Waals surface area (Å²) in [5, 5.41) is 5.39. The van der Waals surface area contributed by atoms with Crippen LogP contribution in [0.25, 0.3) is 0 Å². The topological polar surface area (TPSA) is 69.0 Å². The van der Waals surface area contributed by atoms with Gasteiger partial charge in [-0.05, 0) is 12.3 Å². The minimum atomic E-state index is -0.0500. The van der Waals surface area contributed by atoms with Crippen molar-refractivity contribution in [3.63, 3.8) is 0 Å². The Morgan fingerprint density at radius 3 is 2.88 bits per heavy atom. The molecule has 16 heavy (non-hydrogen) atoms. The first-order chi connectivity index (χ1) is 7.58. The van der Waals surface area contributed by atoms with Crippen molar-refractivity contribution in [3.8, 4) is 0 Å². The van der Waals surface area contributed by atoms with Gasteiger partial charge in [-0.3, -0.25) is 14.7 Å². The third-order valence-corrected chi connectivity index (χ3v) is 2.88.